The minimum absolute atomic E-state index is 0.341. The third-order valence-electron chi connectivity index (χ3n) is 2.31. The highest BCUT2D eigenvalue weighted by Crippen LogP contribution is 2.15. The Hall–Kier alpha value is -0.570. The van der Waals surface area contributed by atoms with Crippen molar-refractivity contribution < 1.29 is 0 Å². The first-order valence-corrected chi connectivity index (χ1v) is 5.19. The number of nitrogens with two attached hydrogens (primary N) is 1. The molecule has 0 saturated carbocycles. The van der Waals surface area contributed by atoms with Gasteiger partial charge in [-0.05, 0) is 37.1 Å². The maximum atomic E-state index is 5.91. The Balaban J connectivity index is 2.62. The van der Waals surface area contributed by atoms with Crippen LogP contribution >= 0.6 is 11.6 Å². The smallest absolute Gasteiger partial charge is 0.0409 e. The van der Waals surface area contributed by atoms with E-state index in [1.54, 1.807) is 0 Å². The molecule has 78 valence electrons. The van der Waals surface area contributed by atoms with Crippen LogP contribution in [0.3, 0.4) is 0 Å². The summed E-state index contributed by atoms with van der Waals surface area (Å²) in [6.07, 6.45) is 0. The Morgan fingerprint density at radius 1 is 1.50 bits per heavy atom. The number of benzene rings is 1. The largest absolute Gasteiger partial charge is 0.329 e. The summed E-state index contributed by atoms with van der Waals surface area (Å²) in [5.74, 6) is 0. The summed E-state index contributed by atoms with van der Waals surface area (Å²) in [4.78, 5) is 0. The predicted octanol–water partition coefficient (Wildman–Crippen LogP) is 2.09. The number of rotatable bonds is 4. The van der Waals surface area contributed by atoms with E-state index in [0.29, 0.717) is 12.6 Å². The third kappa shape index (κ3) is 3.29. The second-order valence-corrected chi connectivity index (χ2v) is 4.02. The van der Waals surface area contributed by atoms with Crippen molar-refractivity contribution in [1.82, 2.24) is 5.32 Å². The van der Waals surface area contributed by atoms with Gasteiger partial charge >= 0.3 is 0 Å². The Labute approximate surface area is 90.4 Å². The van der Waals surface area contributed by atoms with Gasteiger partial charge < -0.3 is 11.1 Å². The van der Waals surface area contributed by atoms with Crippen LogP contribution in [0.25, 0.3) is 0 Å². The van der Waals surface area contributed by atoms with Gasteiger partial charge in [-0.15, -0.1) is 0 Å². The highest BCUT2D eigenvalue weighted by molar-refractivity contribution is 6.30. The van der Waals surface area contributed by atoms with Crippen LogP contribution in [0, 0.1) is 6.92 Å². The molecule has 3 N–H and O–H groups in total. The van der Waals surface area contributed by atoms with Crippen LogP contribution in [-0.4, -0.2) is 12.6 Å². The van der Waals surface area contributed by atoms with Crippen molar-refractivity contribution in [3.63, 3.8) is 0 Å². The summed E-state index contributed by atoms with van der Waals surface area (Å²) in [5.41, 5.74) is 8.01. The predicted molar refractivity (Wildman–Crippen MR) is 61.5 cm³/mol. The molecule has 0 unspecified atom stereocenters. The molecule has 0 aliphatic carbocycles. The van der Waals surface area contributed by atoms with E-state index in [-0.39, 0.29) is 0 Å². The maximum absolute atomic E-state index is 5.91. The summed E-state index contributed by atoms with van der Waals surface area (Å²) in [7, 11) is 0. The number of nitrogens with one attached hydrogen (secondary N) is 1. The molecule has 0 amide bonds. The average molecular weight is 213 g/mol. The van der Waals surface area contributed by atoms with Gasteiger partial charge in [0.25, 0.3) is 0 Å². The molecule has 0 saturated heterocycles. The fourth-order valence-electron chi connectivity index (χ4n) is 1.20. The zero-order chi connectivity index (χ0) is 10.6. The van der Waals surface area contributed by atoms with Crippen LogP contribution in [0.4, 0.5) is 0 Å². The van der Waals surface area contributed by atoms with Crippen molar-refractivity contribution in [2.45, 2.75) is 26.4 Å². The van der Waals surface area contributed by atoms with Crippen LogP contribution in [0.1, 0.15) is 18.1 Å². The standard InChI is InChI=1S/C11H17ClN2/c1-8-3-4-11(12)5-10(8)7-14-9(2)6-13/h3-5,9,14H,6-7,13H2,1-2H3/t9-/m1/s1. The van der Waals surface area contributed by atoms with Crippen molar-refractivity contribution in [2.75, 3.05) is 6.54 Å². The summed E-state index contributed by atoms with van der Waals surface area (Å²) in [6, 6.07) is 6.28. The quantitative estimate of drug-likeness (QED) is 0.802. The van der Waals surface area contributed by atoms with Gasteiger partial charge in [-0.1, -0.05) is 17.7 Å². The fraction of sp³-hybridized carbons (Fsp3) is 0.455. The van der Waals surface area contributed by atoms with Crippen LogP contribution in [0.15, 0.2) is 18.2 Å². The van der Waals surface area contributed by atoms with Gasteiger partial charge in [0, 0.05) is 24.2 Å². The Bertz CT molecular complexity index is 299. The molecule has 1 aromatic carbocycles. The first kappa shape index (κ1) is 11.5. The number of hydrogen-bond acceptors (Lipinski definition) is 2. The van der Waals surface area contributed by atoms with Gasteiger partial charge in [-0.3, -0.25) is 0 Å². The monoisotopic (exact) mass is 212 g/mol. The molecular formula is C11H17ClN2. The van der Waals surface area contributed by atoms with E-state index in [2.05, 4.69) is 19.2 Å². The van der Waals surface area contributed by atoms with Crippen LogP contribution in [-0.2, 0) is 6.54 Å². The molecule has 0 spiro atoms. The third-order valence-corrected chi connectivity index (χ3v) is 2.54. The first-order valence-electron chi connectivity index (χ1n) is 4.82. The maximum Gasteiger partial charge on any atom is 0.0409 e. The summed E-state index contributed by atoms with van der Waals surface area (Å²) in [6.45, 7) is 5.63. The molecule has 14 heavy (non-hydrogen) atoms. The minimum Gasteiger partial charge on any atom is -0.329 e. The van der Waals surface area contributed by atoms with E-state index in [0.717, 1.165) is 11.6 Å². The SMILES string of the molecule is Cc1ccc(Cl)cc1CN[C@H](C)CN. The van der Waals surface area contributed by atoms with Gasteiger partial charge in [-0.2, -0.15) is 0 Å². The van der Waals surface area contributed by atoms with Crippen molar-refractivity contribution in [1.29, 1.82) is 0 Å². The summed E-state index contributed by atoms with van der Waals surface area (Å²) in [5, 5.41) is 4.12. The summed E-state index contributed by atoms with van der Waals surface area (Å²) < 4.78 is 0. The highest BCUT2D eigenvalue weighted by Gasteiger charge is 2.01. The topological polar surface area (TPSA) is 38.0 Å². The van der Waals surface area contributed by atoms with Crippen molar-refractivity contribution in [3.05, 3.63) is 34.3 Å². The van der Waals surface area contributed by atoms with Gasteiger partial charge in [0.1, 0.15) is 0 Å². The molecule has 3 heteroatoms. The van der Waals surface area contributed by atoms with Crippen molar-refractivity contribution >= 4 is 11.6 Å². The van der Waals surface area contributed by atoms with E-state index < -0.39 is 0 Å². The minimum atomic E-state index is 0.341. The first-order chi connectivity index (χ1) is 6.63. The van der Waals surface area contributed by atoms with Gasteiger partial charge in [-0.25, -0.2) is 0 Å². The van der Waals surface area contributed by atoms with E-state index in [1.165, 1.54) is 11.1 Å². The van der Waals surface area contributed by atoms with Crippen LogP contribution < -0.4 is 11.1 Å². The van der Waals surface area contributed by atoms with Gasteiger partial charge in [0.15, 0.2) is 0 Å². The number of halogens is 1. The molecule has 0 aliphatic heterocycles. The highest BCUT2D eigenvalue weighted by atomic mass is 35.5. The lowest BCUT2D eigenvalue weighted by atomic mass is 10.1. The van der Waals surface area contributed by atoms with E-state index >= 15 is 0 Å². The molecule has 1 atom stereocenters. The Kier molecular flexibility index (Phi) is 4.39. The molecule has 2 nitrogen and oxygen atoms in total. The molecule has 0 bridgehead atoms. The lowest BCUT2D eigenvalue weighted by Gasteiger charge is -2.12. The zero-order valence-electron chi connectivity index (χ0n) is 8.68. The fourth-order valence-corrected chi connectivity index (χ4v) is 1.39. The number of hydrogen-bond donors (Lipinski definition) is 2. The van der Waals surface area contributed by atoms with Crippen molar-refractivity contribution in [3.8, 4) is 0 Å². The second-order valence-electron chi connectivity index (χ2n) is 3.59. The van der Waals surface area contributed by atoms with Gasteiger partial charge in [0.2, 0.25) is 0 Å². The molecule has 0 aromatic heterocycles. The normalized spacial score (nSPS) is 12.9. The lowest BCUT2D eigenvalue weighted by molar-refractivity contribution is 0.555. The van der Waals surface area contributed by atoms with Crippen LogP contribution in [0.5, 0.6) is 0 Å². The molecular weight excluding hydrogens is 196 g/mol. The van der Waals surface area contributed by atoms with Crippen molar-refractivity contribution in [2.24, 2.45) is 5.73 Å². The Morgan fingerprint density at radius 3 is 2.86 bits per heavy atom. The molecule has 0 fully saturated rings. The van der Waals surface area contributed by atoms with E-state index in [4.69, 9.17) is 17.3 Å². The zero-order valence-corrected chi connectivity index (χ0v) is 9.43. The average Bonchev–Trinajstić information content (AvgIpc) is 2.19. The van der Waals surface area contributed by atoms with E-state index in [1.807, 2.05) is 18.2 Å². The molecule has 0 aliphatic rings. The lowest BCUT2D eigenvalue weighted by Crippen LogP contribution is -2.32. The molecule has 1 rings (SSSR count). The second kappa shape index (κ2) is 5.35. The van der Waals surface area contributed by atoms with E-state index in [9.17, 15) is 0 Å². The molecule has 0 heterocycles. The Morgan fingerprint density at radius 2 is 2.21 bits per heavy atom. The van der Waals surface area contributed by atoms with Crippen LogP contribution in [0.2, 0.25) is 5.02 Å². The molecule has 1 aromatic rings. The molecule has 0 radical (unpaired) electrons. The van der Waals surface area contributed by atoms with Gasteiger partial charge in [0.05, 0.1) is 0 Å². The summed E-state index contributed by atoms with van der Waals surface area (Å²) >= 11 is 5.91. The number of aryl methyl sites for hydroxylation is 1.